The van der Waals surface area contributed by atoms with Crippen molar-refractivity contribution in [2.45, 2.75) is 26.2 Å². The maximum Gasteiger partial charge on any atom is 0 e. The standard InChI is InChI=1S/C27H21.Y/c1-16-15-23-18-10-5-4-9-17(18)20-13-8-14-21-19-11-6-7-12-22(19)26(27(16,2)3)25(23)24(20)21;/h4-15H,1-3H3;/q-1;. The summed E-state index contributed by atoms with van der Waals surface area (Å²) in [6.07, 6.45) is 2.44. The number of hydrogen-bond donors (Lipinski definition) is 0. The van der Waals surface area contributed by atoms with E-state index in [2.05, 4.69) is 93.6 Å². The van der Waals surface area contributed by atoms with Crippen LogP contribution in [0.3, 0.4) is 0 Å². The van der Waals surface area contributed by atoms with Crippen LogP contribution in [0.15, 0.2) is 66.7 Å². The van der Waals surface area contributed by atoms with Crippen molar-refractivity contribution in [2.75, 3.05) is 0 Å². The molecule has 1 aliphatic carbocycles. The van der Waals surface area contributed by atoms with Crippen molar-refractivity contribution in [1.29, 1.82) is 0 Å². The summed E-state index contributed by atoms with van der Waals surface area (Å²) in [5, 5.41) is 12.5. The Bertz CT molecular complexity index is 1440. The van der Waals surface area contributed by atoms with Crippen LogP contribution < -0.4 is 5.22 Å². The van der Waals surface area contributed by atoms with Crippen LogP contribution in [0.2, 0.25) is 0 Å². The van der Waals surface area contributed by atoms with Gasteiger partial charge in [0.2, 0.25) is 0 Å². The van der Waals surface area contributed by atoms with Crippen molar-refractivity contribution < 1.29 is 32.7 Å². The van der Waals surface area contributed by atoms with Gasteiger partial charge in [-0.3, -0.25) is 0 Å². The summed E-state index contributed by atoms with van der Waals surface area (Å²) < 4.78 is 0. The molecule has 1 radical (unpaired) electrons. The second kappa shape index (κ2) is 6.05. The van der Waals surface area contributed by atoms with Crippen LogP contribution in [0, 0.1) is 5.92 Å². The second-order valence-electron chi connectivity index (χ2n) is 8.44. The van der Waals surface area contributed by atoms with Crippen LogP contribution in [0.1, 0.15) is 26.3 Å². The molecular weight excluding hydrogens is 413 g/mol. The summed E-state index contributed by atoms with van der Waals surface area (Å²) >= 11 is 0. The van der Waals surface area contributed by atoms with Gasteiger partial charge in [-0.25, -0.2) is 12.0 Å². The number of benzene rings is 5. The van der Waals surface area contributed by atoms with Gasteiger partial charge in [-0.05, 0) is 32.3 Å². The zero-order chi connectivity index (χ0) is 18.3. The van der Waals surface area contributed by atoms with E-state index in [1.165, 1.54) is 59.8 Å². The van der Waals surface area contributed by atoms with Crippen LogP contribution >= 0.6 is 0 Å². The van der Waals surface area contributed by atoms with Gasteiger partial charge in [0.25, 0.3) is 0 Å². The molecule has 0 unspecified atom stereocenters. The van der Waals surface area contributed by atoms with Crippen LogP contribution in [0.4, 0.5) is 0 Å². The number of hydrogen-bond acceptors (Lipinski definition) is 0. The minimum absolute atomic E-state index is 0. The fourth-order valence-electron chi connectivity index (χ4n) is 5.22. The van der Waals surface area contributed by atoms with Gasteiger partial charge in [-0.1, -0.05) is 102 Å². The quantitative estimate of drug-likeness (QED) is 0.145. The number of rotatable bonds is 0. The van der Waals surface area contributed by atoms with E-state index in [1.54, 1.807) is 0 Å². The Morgan fingerprint density at radius 3 is 1.75 bits per heavy atom. The largest absolute Gasteiger partial charge is 0.217 e. The Morgan fingerprint density at radius 2 is 1.11 bits per heavy atom. The fourth-order valence-corrected chi connectivity index (χ4v) is 5.22. The molecule has 28 heavy (non-hydrogen) atoms. The van der Waals surface area contributed by atoms with Crippen molar-refractivity contribution >= 4 is 49.2 Å². The van der Waals surface area contributed by atoms with Crippen molar-refractivity contribution in [1.82, 2.24) is 0 Å². The first kappa shape index (κ1) is 18.2. The molecule has 5 aromatic rings. The summed E-state index contributed by atoms with van der Waals surface area (Å²) in [4.78, 5) is 0. The molecule has 0 aliphatic heterocycles. The molecule has 0 nitrogen and oxygen atoms in total. The molecule has 133 valence electrons. The molecule has 0 aromatic heterocycles. The zero-order valence-corrected chi connectivity index (χ0v) is 19.3. The van der Waals surface area contributed by atoms with E-state index < -0.39 is 0 Å². The van der Waals surface area contributed by atoms with Crippen molar-refractivity contribution in [3.63, 3.8) is 0 Å². The van der Waals surface area contributed by atoms with Gasteiger partial charge in [0.1, 0.15) is 0 Å². The van der Waals surface area contributed by atoms with Gasteiger partial charge in [0, 0.05) is 32.7 Å². The third-order valence-corrected chi connectivity index (χ3v) is 6.80. The van der Waals surface area contributed by atoms with Crippen LogP contribution in [0.25, 0.3) is 49.2 Å². The molecule has 0 atom stereocenters. The predicted molar refractivity (Wildman–Crippen MR) is 118 cm³/mol. The average Bonchev–Trinajstić information content (AvgIpc) is 2.69. The monoisotopic (exact) mass is 434 g/mol. The topological polar surface area (TPSA) is 0 Å². The summed E-state index contributed by atoms with van der Waals surface area (Å²) in [5.74, 6) is 1.43. The van der Waals surface area contributed by atoms with Gasteiger partial charge in [0.05, 0.1) is 0 Å². The first-order chi connectivity index (χ1) is 13.1. The molecule has 0 N–H and O–H groups in total. The summed E-state index contributed by atoms with van der Waals surface area (Å²) in [6.45, 7) is 7.05. The Labute approximate surface area is 190 Å². The normalized spacial score (nSPS) is 15.2. The zero-order valence-electron chi connectivity index (χ0n) is 16.5. The third kappa shape index (κ3) is 2.11. The minimum Gasteiger partial charge on any atom is -0.217 e. The van der Waals surface area contributed by atoms with Crippen molar-refractivity contribution in [2.24, 2.45) is 0 Å². The summed E-state index contributed by atoms with van der Waals surface area (Å²) in [7, 11) is 0. The Morgan fingerprint density at radius 1 is 0.607 bits per heavy atom. The summed E-state index contributed by atoms with van der Waals surface area (Å²) in [6, 6.07) is 24.7. The van der Waals surface area contributed by atoms with E-state index in [4.69, 9.17) is 0 Å². The second-order valence-corrected chi connectivity index (χ2v) is 8.44. The molecule has 0 fully saturated rings. The van der Waals surface area contributed by atoms with Crippen LogP contribution in [0.5, 0.6) is 0 Å². The molecule has 0 heterocycles. The summed E-state index contributed by atoms with van der Waals surface area (Å²) in [5.41, 5.74) is 1.51. The van der Waals surface area contributed by atoms with Gasteiger partial charge in [-0.2, -0.15) is 5.22 Å². The van der Waals surface area contributed by atoms with E-state index in [0.717, 1.165) is 0 Å². The average molecular weight is 434 g/mol. The molecule has 5 aromatic carbocycles. The van der Waals surface area contributed by atoms with Crippen LogP contribution in [-0.4, -0.2) is 0 Å². The predicted octanol–water partition coefficient (Wildman–Crippen LogP) is 6.68. The first-order valence-electron chi connectivity index (χ1n) is 9.73. The van der Waals surface area contributed by atoms with Crippen LogP contribution in [-0.2, 0) is 38.1 Å². The Kier molecular flexibility index (Phi) is 3.93. The van der Waals surface area contributed by atoms with Gasteiger partial charge in [-0.15, -0.1) is 6.92 Å². The first-order valence-corrected chi connectivity index (χ1v) is 9.73. The SMILES string of the molecule is C[C-]1C=c2c3ccccc3c3cccc4c5ccccc5c(c2c43)C1(C)C.[Y]. The smallest absolute Gasteiger partial charge is 0 e. The molecule has 0 amide bonds. The van der Waals surface area contributed by atoms with E-state index in [0.29, 0.717) is 0 Å². The molecule has 1 aliphatic rings. The number of fused-ring (bicyclic) bond motifs is 6. The molecular formula is C27H21Y-. The molecule has 6 rings (SSSR count). The Hall–Kier alpha value is -1.89. The minimum atomic E-state index is 0. The van der Waals surface area contributed by atoms with E-state index >= 15 is 0 Å². The molecule has 0 saturated heterocycles. The van der Waals surface area contributed by atoms with Crippen molar-refractivity contribution in [3.05, 3.63) is 83.4 Å². The fraction of sp³-hybridized carbons (Fsp3) is 0.148. The van der Waals surface area contributed by atoms with Gasteiger partial charge in [0.15, 0.2) is 0 Å². The molecule has 0 saturated carbocycles. The molecule has 1 heteroatoms. The van der Waals surface area contributed by atoms with E-state index in [-0.39, 0.29) is 38.1 Å². The van der Waals surface area contributed by atoms with Gasteiger partial charge >= 0.3 is 0 Å². The molecule has 0 spiro atoms. The maximum absolute atomic E-state index is 2.44. The van der Waals surface area contributed by atoms with E-state index in [9.17, 15) is 0 Å². The van der Waals surface area contributed by atoms with E-state index in [1.807, 2.05) is 0 Å². The van der Waals surface area contributed by atoms with Crippen molar-refractivity contribution in [3.8, 4) is 0 Å². The maximum atomic E-state index is 2.44. The Balaban J connectivity index is 0.00000171. The van der Waals surface area contributed by atoms with Gasteiger partial charge < -0.3 is 0 Å². The molecule has 0 bridgehead atoms. The third-order valence-electron chi connectivity index (χ3n) is 6.80.